The maximum atomic E-state index is 11.9. The predicted octanol–water partition coefficient (Wildman–Crippen LogP) is 1.79. The van der Waals surface area contributed by atoms with E-state index in [1.54, 1.807) is 0 Å². The van der Waals surface area contributed by atoms with Gasteiger partial charge in [-0.1, -0.05) is 37.3 Å². The molecule has 120 valence electrons. The van der Waals surface area contributed by atoms with Gasteiger partial charge in [0.05, 0.1) is 6.42 Å². The molecule has 1 fully saturated rings. The molecular formula is C17H25N3O2. The second-order valence-corrected chi connectivity index (χ2v) is 5.91. The first-order valence-electron chi connectivity index (χ1n) is 7.98. The minimum Gasteiger partial charge on any atom is -0.354 e. The van der Waals surface area contributed by atoms with Crippen LogP contribution in [0.2, 0.25) is 0 Å². The molecule has 2 N–H and O–H groups in total. The van der Waals surface area contributed by atoms with Crippen LogP contribution in [0.25, 0.3) is 0 Å². The number of urea groups is 1. The van der Waals surface area contributed by atoms with Gasteiger partial charge < -0.3 is 15.5 Å². The van der Waals surface area contributed by atoms with Crippen molar-refractivity contribution in [2.24, 2.45) is 5.92 Å². The van der Waals surface area contributed by atoms with Crippen LogP contribution < -0.4 is 10.6 Å². The van der Waals surface area contributed by atoms with Crippen LogP contribution in [-0.2, 0) is 11.2 Å². The molecule has 22 heavy (non-hydrogen) atoms. The van der Waals surface area contributed by atoms with Gasteiger partial charge >= 0.3 is 6.03 Å². The Morgan fingerprint density at radius 2 is 1.73 bits per heavy atom. The van der Waals surface area contributed by atoms with Gasteiger partial charge in [0.2, 0.25) is 5.91 Å². The molecule has 3 amide bonds. The number of nitrogens with one attached hydrogen (secondary N) is 2. The molecule has 2 rings (SSSR count). The number of hydrogen-bond acceptors (Lipinski definition) is 2. The second-order valence-electron chi connectivity index (χ2n) is 5.91. The van der Waals surface area contributed by atoms with Gasteiger partial charge in [-0.15, -0.1) is 0 Å². The molecule has 0 aromatic heterocycles. The Morgan fingerprint density at radius 1 is 1.09 bits per heavy atom. The zero-order valence-corrected chi connectivity index (χ0v) is 13.2. The molecule has 0 aliphatic carbocycles. The van der Waals surface area contributed by atoms with E-state index in [1.807, 2.05) is 35.2 Å². The highest BCUT2D eigenvalue weighted by Crippen LogP contribution is 2.15. The van der Waals surface area contributed by atoms with Gasteiger partial charge in [0.15, 0.2) is 0 Å². The Bertz CT molecular complexity index is 482. The largest absolute Gasteiger partial charge is 0.354 e. The minimum absolute atomic E-state index is 0.0211. The number of amides is 3. The third-order valence-corrected chi connectivity index (χ3v) is 4.00. The number of carbonyl (C=O) groups is 2. The van der Waals surface area contributed by atoms with Gasteiger partial charge in [-0.25, -0.2) is 4.79 Å². The molecule has 1 heterocycles. The first-order valence-corrected chi connectivity index (χ1v) is 7.98. The number of carbonyl (C=O) groups excluding carboxylic acids is 2. The molecule has 0 atom stereocenters. The summed E-state index contributed by atoms with van der Waals surface area (Å²) in [6.07, 6.45) is 2.52. The number of benzene rings is 1. The van der Waals surface area contributed by atoms with Crippen molar-refractivity contribution in [1.29, 1.82) is 0 Å². The van der Waals surface area contributed by atoms with E-state index < -0.39 is 0 Å². The lowest BCUT2D eigenvalue weighted by atomic mass is 10.00. The zero-order valence-electron chi connectivity index (χ0n) is 13.2. The smallest absolute Gasteiger partial charge is 0.317 e. The molecule has 1 aromatic rings. The molecule has 5 nitrogen and oxygen atoms in total. The van der Waals surface area contributed by atoms with E-state index in [0.29, 0.717) is 25.4 Å². The highest BCUT2D eigenvalue weighted by Gasteiger charge is 2.19. The van der Waals surface area contributed by atoms with E-state index >= 15 is 0 Å². The number of hydrogen-bond donors (Lipinski definition) is 2. The van der Waals surface area contributed by atoms with E-state index in [-0.39, 0.29) is 11.9 Å². The molecule has 0 bridgehead atoms. The summed E-state index contributed by atoms with van der Waals surface area (Å²) in [5.74, 6) is 0.688. The molecule has 0 saturated carbocycles. The van der Waals surface area contributed by atoms with Crippen LogP contribution in [-0.4, -0.2) is 43.0 Å². The van der Waals surface area contributed by atoms with Crippen LogP contribution >= 0.6 is 0 Å². The van der Waals surface area contributed by atoms with Crippen LogP contribution in [0, 0.1) is 5.92 Å². The van der Waals surface area contributed by atoms with Crippen molar-refractivity contribution in [1.82, 2.24) is 15.5 Å². The summed E-state index contributed by atoms with van der Waals surface area (Å²) in [6, 6.07) is 9.60. The van der Waals surface area contributed by atoms with Crippen LogP contribution in [0.15, 0.2) is 30.3 Å². The minimum atomic E-state index is -0.0239. The Morgan fingerprint density at radius 3 is 2.41 bits per heavy atom. The second kappa shape index (κ2) is 8.41. The van der Waals surface area contributed by atoms with E-state index in [0.717, 1.165) is 31.5 Å². The first-order chi connectivity index (χ1) is 10.6. The van der Waals surface area contributed by atoms with Gasteiger partial charge in [-0.3, -0.25) is 4.79 Å². The van der Waals surface area contributed by atoms with Crippen LogP contribution in [0.3, 0.4) is 0 Å². The Kier molecular flexibility index (Phi) is 6.25. The molecule has 5 heteroatoms. The van der Waals surface area contributed by atoms with Gasteiger partial charge in [0, 0.05) is 26.2 Å². The number of nitrogens with zero attached hydrogens (tertiary/aromatic N) is 1. The lowest BCUT2D eigenvalue weighted by Gasteiger charge is -2.30. The van der Waals surface area contributed by atoms with E-state index in [4.69, 9.17) is 0 Å². The summed E-state index contributed by atoms with van der Waals surface area (Å²) in [6.45, 7) is 4.80. The van der Waals surface area contributed by atoms with Crippen molar-refractivity contribution in [2.75, 3.05) is 26.2 Å². The monoisotopic (exact) mass is 303 g/mol. The van der Waals surface area contributed by atoms with Gasteiger partial charge in [0.25, 0.3) is 0 Å². The zero-order chi connectivity index (χ0) is 15.8. The first kappa shape index (κ1) is 16.3. The quantitative estimate of drug-likeness (QED) is 0.815. The third-order valence-electron chi connectivity index (χ3n) is 4.00. The van der Waals surface area contributed by atoms with Crippen LogP contribution in [0.4, 0.5) is 4.79 Å². The summed E-state index contributed by atoms with van der Waals surface area (Å²) in [5, 5.41) is 5.68. The maximum Gasteiger partial charge on any atom is 0.317 e. The molecule has 0 radical (unpaired) electrons. The van der Waals surface area contributed by atoms with Crippen molar-refractivity contribution in [3.63, 3.8) is 0 Å². The SMILES string of the molecule is CC1CCN(C(=O)NCCNC(=O)Cc2ccccc2)CC1. The average Bonchev–Trinajstić information content (AvgIpc) is 2.53. The molecular weight excluding hydrogens is 278 g/mol. The molecule has 0 unspecified atom stereocenters. The van der Waals surface area contributed by atoms with Crippen molar-refractivity contribution in [3.8, 4) is 0 Å². The summed E-state index contributed by atoms with van der Waals surface area (Å²) >= 11 is 0. The lowest BCUT2D eigenvalue weighted by Crippen LogP contribution is -2.46. The van der Waals surface area contributed by atoms with Crippen molar-refractivity contribution < 1.29 is 9.59 Å². The number of rotatable bonds is 5. The number of likely N-dealkylation sites (tertiary alicyclic amines) is 1. The maximum absolute atomic E-state index is 11.9. The van der Waals surface area contributed by atoms with Crippen molar-refractivity contribution >= 4 is 11.9 Å². The fourth-order valence-electron chi connectivity index (χ4n) is 2.54. The van der Waals surface area contributed by atoms with E-state index in [2.05, 4.69) is 17.6 Å². The summed E-state index contributed by atoms with van der Waals surface area (Å²) < 4.78 is 0. The molecule has 1 aliphatic rings. The fraction of sp³-hybridized carbons (Fsp3) is 0.529. The van der Waals surface area contributed by atoms with E-state index in [1.165, 1.54) is 0 Å². The Labute approximate surface area is 132 Å². The van der Waals surface area contributed by atoms with Crippen LogP contribution in [0.5, 0.6) is 0 Å². The lowest BCUT2D eigenvalue weighted by molar-refractivity contribution is -0.120. The standard InChI is InChI=1S/C17H25N3O2/c1-14-7-11-20(12-8-14)17(22)19-10-9-18-16(21)13-15-5-3-2-4-6-15/h2-6,14H,7-13H2,1H3,(H,18,21)(H,19,22). The topological polar surface area (TPSA) is 61.4 Å². The summed E-state index contributed by atoms with van der Waals surface area (Å²) in [5.41, 5.74) is 0.992. The van der Waals surface area contributed by atoms with Crippen LogP contribution in [0.1, 0.15) is 25.3 Å². The predicted molar refractivity (Wildman–Crippen MR) is 86.5 cm³/mol. The highest BCUT2D eigenvalue weighted by atomic mass is 16.2. The highest BCUT2D eigenvalue weighted by molar-refractivity contribution is 5.78. The number of piperidine rings is 1. The summed E-state index contributed by atoms with van der Waals surface area (Å²) in [7, 11) is 0. The fourth-order valence-corrected chi connectivity index (χ4v) is 2.54. The van der Waals surface area contributed by atoms with Gasteiger partial charge in [-0.2, -0.15) is 0 Å². The molecule has 1 aromatic carbocycles. The Balaban J connectivity index is 1.58. The van der Waals surface area contributed by atoms with E-state index in [9.17, 15) is 9.59 Å². The molecule has 0 spiro atoms. The van der Waals surface area contributed by atoms with Gasteiger partial charge in [0.1, 0.15) is 0 Å². The Hall–Kier alpha value is -2.04. The average molecular weight is 303 g/mol. The third kappa shape index (κ3) is 5.39. The van der Waals surface area contributed by atoms with Crippen molar-refractivity contribution in [3.05, 3.63) is 35.9 Å². The molecule has 1 aliphatic heterocycles. The van der Waals surface area contributed by atoms with Gasteiger partial charge in [-0.05, 0) is 24.3 Å². The molecule has 1 saturated heterocycles. The normalized spacial score (nSPS) is 15.4. The summed E-state index contributed by atoms with van der Waals surface area (Å²) in [4.78, 5) is 25.6. The van der Waals surface area contributed by atoms with Crippen molar-refractivity contribution in [2.45, 2.75) is 26.2 Å².